The Morgan fingerprint density at radius 3 is 2.64 bits per heavy atom. The quantitative estimate of drug-likeness (QED) is 0.465. The second-order valence-electron chi connectivity index (χ2n) is 14.0. The third kappa shape index (κ3) is 4.27. The Kier molecular flexibility index (Phi) is 6.91. The van der Waals surface area contributed by atoms with Crippen LogP contribution < -0.4 is 16.3 Å². The lowest BCUT2D eigenvalue weighted by atomic mass is 9.43. The number of amides is 2. The minimum atomic E-state index is -0.700. The van der Waals surface area contributed by atoms with Gasteiger partial charge in [-0.05, 0) is 111 Å². The summed E-state index contributed by atoms with van der Waals surface area (Å²) in [5.74, 6) is 1.54. The van der Waals surface area contributed by atoms with Crippen molar-refractivity contribution >= 4 is 6.03 Å². The summed E-state index contributed by atoms with van der Waals surface area (Å²) in [4.78, 5) is 26.6. The summed E-state index contributed by atoms with van der Waals surface area (Å²) in [6, 6.07) is 3.36. The molecule has 0 bridgehead atoms. The molecule has 4 saturated carbocycles. The molecule has 4 N–H and O–H groups in total. The van der Waals surface area contributed by atoms with Gasteiger partial charge < -0.3 is 30.2 Å². The minimum absolute atomic E-state index is 0.0697. The van der Waals surface area contributed by atoms with E-state index in [0.717, 1.165) is 76.3 Å². The molecule has 1 aromatic heterocycles. The van der Waals surface area contributed by atoms with E-state index in [-0.39, 0.29) is 46.4 Å². The Hall–Kier alpha value is -1.90. The molecule has 10 atom stereocenters. The molecule has 1 aliphatic heterocycles. The number of aliphatic hydroxyl groups is 2. The molecule has 8 heteroatoms. The number of hydrogen-bond acceptors (Lipinski definition) is 6. The van der Waals surface area contributed by atoms with E-state index >= 15 is 0 Å². The van der Waals surface area contributed by atoms with Crippen molar-refractivity contribution in [1.29, 1.82) is 0 Å². The number of hydrogen-bond donors (Lipinski definition) is 4. The predicted octanol–water partition coefficient (Wildman–Crippen LogP) is 3.61. The summed E-state index contributed by atoms with van der Waals surface area (Å²) in [6.07, 6.45) is 10.9. The van der Waals surface area contributed by atoms with Gasteiger partial charge in [0.05, 0.1) is 24.0 Å². The predicted molar refractivity (Wildman–Crippen MR) is 148 cm³/mol. The van der Waals surface area contributed by atoms with Crippen LogP contribution in [0.25, 0.3) is 0 Å². The van der Waals surface area contributed by atoms with Gasteiger partial charge in [-0.15, -0.1) is 0 Å². The second-order valence-corrected chi connectivity index (χ2v) is 14.0. The standard InChI is InChI=1S/C31H47N3O5/c1-29-12-8-21(34(3)28(37)33-25-11-15-32-17-26(25)35)16-20(29)5-6-24-23(29)9-13-30(2)22(10-14-31(24,30)38)19-4-7-27(36)39-18-19/h4,7,18,20-26,32,35,38H,5-6,8-17H2,1-3H3,(H,33,37)/t20-,21+,22-,23+,24-,25?,26+,29+,30-,31+/m1/s1. The van der Waals surface area contributed by atoms with Gasteiger partial charge >= 0.3 is 11.7 Å². The van der Waals surface area contributed by atoms with Crippen LogP contribution in [0.1, 0.15) is 89.5 Å². The van der Waals surface area contributed by atoms with E-state index in [1.54, 1.807) is 6.26 Å². The van der Waals surface area contributed by atoms with Gasteiger partial charge in [-0.1, -0.05) is 13.8 Å². The van der Waals surface area contributed by atoms with E-state index in [4.69, 9.17) is 4.42 Å². The van der Waals surface area contributed by atoms with E-state index in [1.807, 2.05) is 18.0 Å². The third-order valence-corrected chi connectivity index (χ3v) is 12.6. The molecule has 0 aromatic carbocycles. The SMILES string of the molecule is CN(C(=O)NC1CCNC[C@@H]1O)[C@H]1CC[C@@]2(C)[C@H](CC[C@@H]3[C@@H]2CC[C@]2(C)[C@@H](c4ccc(=O)oc4)CC[C@]32O)C1. The topological polar surface area (TPSA) is 115 Å². The van der Waals surface area contributed by atoms with Gasteiger partial charge in [-0.2, -0.15) is 0 Å². The maximum Gasteiger partial charge on any atom is 0.335 e. The first-order valence-electron chi connectivity index (χ1n) is 15.3. The molecule has 1 saturated heterocycles. The number of carbonyl (C=O) groups excluding carboxylic acids is 1. The molecule has 6 rings (SSSR count). The fraction of sp³-hybridized carbons (Fsp3) is 0.806. The van der Waals surface area contributed by atoms with Crippen molar-refractivity contribution in [3.63, 3.8) is 0 Å². The highest BCUT2D eigenvalue weighted by molar-refractivity contribution is 5.74. The van der Waals surface area contributed by atoms with Crippen molar-refractivity contribution in [2.45, 2.75) is 108 Å². The molecule has 5 aliphatic rings. The third-order valence-electron chi connectivity index (χ3n) is 12.6. The second kappa shape index (κ2) is 9.88. The molecule has 8 nitrogen and oxygen atoms in total. The number of aliphatic hydroxyl groups excluding tert-OH is 1. The number of piperidine rings is 1. The lowest BCUT2D eigenvalue weighted by Crippen LogP contribution is -2.62. The van der Waals surface area contributed by atoms with Crippen molar-refractivity contribution in [2.75, 3.05) is 20.1 Å². The number of urea groups is 1. The van der Waals surface area contributed by atoms with Crippen LogP contribution in [0.5, 0.6) is 0 Å². The summed E-state index contributed by atoms with van der Waals surface area (Å²) in [5, 5.41) is 29.0. The zero-order valence-electron chi connectivity index (χ0n) is 23.8. The maximum atomic E-state index is 13.1. The lowest BCUT2D eigenvalue weighted by molar-refractivity contribution is -0.203. The van der Waals surface area contributed by atoms with Crippen LogP contribution in [-0.4, -0.2) is 65.1 Å². The number of β-amino-alcohol motifs (C(OH)–C–C–N with tert-alkyl or cyclic N) is 1. The molecule has 2 amide bonds. The molecule has 0 radical (unpaired) electrons. The molecule has 0 spiro atoms. The Labute approximate surface area is 231 Å². The summed E-state index contributed by atoms with van der Waals surface area (Å²) in [7, 11) is 1.92. The average Bonchev–Trinajstić information content (AvgIpc) is 3.20. The lowest BCUT2D eigenvalue weighted by Gasteiger charge is -2.64. The first kappa shape index (κ1) is 27.3. The maximum absolute atomic E-state index is 13.1. The van der Waals surface area contributed by atoms with Crippen molar-refractivity contribution in [3.8, 4) is 0 Å². The Morgan fingerprint density at radius 1 is 1.08 bits per heavy atom. The number of fused-ring (bicyclic) bond motifs is 5. The summed E-state index contributed by atoms with van der Waals surface area (Å²) < 4.78 is 5.23. The van der Waals surface area contributed by atoms with Gasteiger partial charge in [0.2, 0.25) is 0 Å². The molecular formula is C31H47N3O5. The smallest absolute Gasteiger partial charge is 0.335 e. The first-order valence-corrected chi connectivity index (χ1v) is 15.3. The fourth-order valence-corrected chi connectivity index (χ4v) is 10.1. The molecular weight excluding hydrogens is 494 g/mol. The number of nitrogens with zero attached hydrogens (tertiary/aromatic N) is 1. The fourth-order valence-electron chi connectivity index (χ4n) is 10.1. The van der Waals surface area contributed by atoms with Crippen LogP contribution in [-0.2, 0) is 0 Å². The average molecular weight is 542 g/mol. The Balaban J connectivity index is 1.15. The summed E-state index contributed by atoms with van der Waals surface area (Å²) in [5.41, 5.74) is -0.0174. The molecule has 4 aliphatic carbocycles. The van der Waals surface area contributed by atoms with Crippen molar-refractivity contribution < 1.29 is 19.4 Å². The van der Waals surface area contributed by atoms with Crippen LogP contribution in [0, 0.1) is 28.6 Å². The molecule has 2 heterocycles. The van der Waals surface area contributed by atoms with Crippen molar-refractivity contribution in [3.05, 3.63) is 34.4 Å². The van der Waals surface area contributed by atoms with Gasteiger partial charge in [-0.3, -0.25) is 0 Å². The van der Waals surface area contributed by atoms with E-state index in [9.17, 15) is 19.8 Å². The van der Waals surface area contributed by atoms with Gasteiger partial charge in [0.25, 0.3) is 0 Å². The van der Waals surface area contributed by atoms with Crippen LogP contribution >= 0.6 is 0 Å². The van der Waals surface area contributed by atoms with Crippen LogP contribution in [0.4, 0.5) is 4.79 Å². The Bertz CT molecular complexity index is 1120. The normalized spacial score (nSPS) is 45.5. The van der Waals surface area contributed by atoms with Gasteiger partial charge in [0.1, 0.15) is 0 Å². The summed E-state index contributed by atoms with van der Waals surface area (Å²) in [6.45, 7) is 6.09. The molecule has 1 unspecified atom stereocenters. The largest absolute Gasteiger partial charge is 0.431 e. The molecule has 216 valence electrons. The van der Waals surface area contributed by atoms with Gasteiger partial charge in [0, 0.05) is 31.1 Å². The monoisotopic (exact) mass is 541 g/mol. The zero-order valence-corrected chi connectivity index (χ0v) is 23.8. The molecule has 1 aromatic rings. The Morgan fingerprint density at radius 2 is 1.90 bits per heavy atom. The first-order chi connectivity index (χ1) is 18.6. The highest BCUT2D eigenvalue weighted by atomic mass is 16.4. The van der Waals surface area contributed by atoms with Crippen molar-refractivity contribution in [1.82, 2.24) is 15.5 Å². The summed E-state index contributed by atoms with van der Waals surface area (Å²) >= 11 is 0. The number of carbonyl (C=O) groups is 1. The van der Waals surface area contributed by atoms with E-state index < -0.39 is 11.7 Å². The number of nitrogens with one attached hydrogen (secondary N) is 2. The number of rotatable bonds is 3. The van der Waals surface area contributed by atoms with Crippen molar-refractivity contribution in [2.24, 2.45) is 28.6 Å². The van der Waals surface area contributed by atoms with Crippen LogP contribution in [0.15, 0.2) is 27.6 Å². The van der Waals surface area contributed by atoms with E-state index in [2.05, 4.69) is 24.5 Å². The van der Waals surface area contributed by atoms with E-state index in [1.165, 1.54) is 6.07 Å². The minimum Gasteiger partial charge on any atom is -0.431 e. The van der Waals surface area contributed by atoms with E-state index in [0.29, 0.717) is 18.4 Å². The van der Waals surface area contributed by atoms with Gasteiger partial charge in [-0.25, -0.2) is 9.59 Å². The highest BCUT2D eigenvalue weighted by Gasteiger charge is 2.67. The highest BCUT2D eigenvalue weighted by Crippen LogP contribution is 2.70. The van der Waals surface area contributed by atoms with Crippen LogP contribution in [0.2, 0.25) is 0 Å². The zero-order chi connectivity index (χ0) is 27.6. The molecule has 5 fully saturated rings. The molecule has 39 heavy (non-hydrogen) atoms. The van der Waals surface area contributed by atoms with Crippen LogP contribution in [0.3, 0.4) is 0 Å². The van der Waals surface area contributed by atoms with Gasteiger partial charge in [0.15, 0.2) is 0 Å².